The number of aromatic amines is 1. The zero-order valence-electron chi connectivity index (χ0n) is 11.0. The van der Waals surface area contributed by atoms with Gasteiger partial charge >= 0.3 is 0 Å². The van der Waals surface area contributed by atoms with Crippen molar-refractivity contribution in [3.8, 4) is 11.5 Å². The Morgan fingerprint density at radius 3 is 2.95 bits per heavy atom. The molecule has 0 aliphatic heterocycles. The van der Waals surface area contributed by atoms with Crippen LogP contribution in [0.1, 0.15) is 19.3 Å². The van der Waals surface area contributed by atoms with Crippen LogP contribution < -0.4 is 0 Å². The highest BCUT2D eigenvalue weighted by molar-refractivity contribution is 7.98. The number of thioether (sulfide) groups is 1. The Hall–Kier alpha value is -1.14. The van der Waals surface area contributed by atoms with Gasteiger partial charge in [0.25, 0.3) is 0 Å². The summed E-state index contributed by atoms with van der Waals surface area (Å²) in [4.78, 5) is 4.33. The van der Waals surface area contributed by atoms with Gasteiger partial charge in [0, 0.05) is 12.7 Å². The molecule has 0 spiro atoms. The summed E-state index contributed by atoms with van der Waals surface area (Å²) in [6, 6.07) is 5.82. The molecule has 0 radical (unpaired) electrons. The zero-order chi connectivity index (χ0) is 13.5. The summed E-state index contributed by atoms with van der Waals surface area (Å²) < 4.78 is 2.71. The maximum absolute atomic E-state index is 5.29. The molecule has 2 rings (SSSR count). The molecule has 0 aromatic carbocycles. The second-order valence-corrected chi connectivity index (χ2v) is 5.64. The number of nitrogens with one attached hydrogen (secondary N) is 1. The molecule has 2 aromatic rings. The zero-order valence-corrected chi connectivity index (χ0v) is 12.6. The predicted octanol–water partition coefficient (Wildman–Crippen LogP) is 3.54. The van der Waals surface area contributed by atoms with Crippen LogP contribution in [0.4, 0.5) is 0 Å². The van der Waals surface area contributed by atoms with Crippen molar-refractivity contribution < 1.29 is 0 Å². The molecule has 2 heterocycles. The number of unbranched alkanes of at least 4 members (excludes halogenated alkanes) is 2. The molecular weight excluding hydrogens is 276 g/mol. The highest BCUT2D eigenvalue weighted by atomic mass is 32.2. The molecule has 0 aliphatic carbocycles. The molecule has 1 N–H and O–H groups in total. The minimum absolute atomic E-state index is 0.672. The highest BCUT2D eigenvalue weighted by Crippen LogP contribution is 2.15. The fourth-order valence-corrected chi connectivity index (χ4v) is 2.62. The molecule has 2 aromatic heterocycles. The molecular formula is C13H18N4S2. The Morgan fingerprint density at radius 1 is 1.32 bits per heavy atom. The van der Waals surface area contributed by atoms with Gasteiger partial charge in [-0.3, -0.25) is 14.6 Å². The maximum atomic E-state index is 5.29. The summed E-state index contributed by atoms with van der Waals surface area (Å²) >= 11 is 7.18. The van der Waals surface area contributed by atoms with Crippen LogP contribution in [0.2, 0.25) is 0 Å². The fourth-order valence-electron chi connectivity index (χ4n) is 1.91. The lowest BCUT2D eigenvalue weighted by Gasteiger charge is -2.06. The first-order valence-electron chi connectivity index (χ1n) is 6.38. The molecule has 0 bridgehead atoms. The van der Waals surface area contributed by atoms with Crippen LogP contribution in [0.25, 0.3) is 11.5 Å². The molecule has 0 saturated carbocycles. The third-order valence-corrected chi connectivity index (χ3v) is 3.89. The van der Waals surface area contributed by atoms with Crippen molar-refractivity contribution >= 4 is 24.0 Å². The summed E-state index contributed by atoms with van der Waals surface area (Å²) in [5, 5.41) is 7.14. The van der Waals surface area contributed by atoms with Gasteiger partial charge in [0.1, 0.15) is 5.69 Å². The third kappa shape index (κ3) is 3.91. The van der Waals surface area contributed by atoms with E-state index in [1.54, 1.807) is 6.20 Å². The summed E-state index contributed by atoms with van der Waals surface area (Å²) in [6.07, 6.45) is 7.51. The summed E-state index contributed by atoms with van der Waals surface area (Å²) in [5.74, 6) is 2.06. The van der Waals surface area contributed by atoms with Gasteiger partial charge in [-0.1, -0.05) is 12.5 Å². The Bertz CT molecular complexity index is 547. The van der Waals surface area contributed by atoms with Gasteiger partial charge in [0.05, 0.1) is 0 Å². The van der Waals surface area contributed by atoms with E-state index < -0.39 is 0 Å². The van der Waals surface area contributed by atoms with Crippen molar-refractivity contribution in [2.75, 3.05) is 12.0 Å². The standard InChI is InChI=1S/C13H18N4S2/c1-19-10-6-2-5-9-17-12(15-16-13(17)18)11-7-3-4-8-14-11/h3-4,7-8H,2,5-6,9-10H2,1H3,(H,16,18). The molecule has 6 heteroatoms. The first kappa shape index (κ1) is 14.3. The summed E-state index contributed by atoms with van der Waals surface area (Å²) in [5.41, 5.74) is 0.860. The number of H-pyrrole nitrogens is 1. The monoisotopic (exact) mass is 294 g/mol. The second-order valence-electron chi connectivity index (χ2n) is 4.27. The lowest BCUT2D eigenvalue weighted by Crippen LogP contribution is -2.02. The third-order valence-electron chi connectivity index (χ3n) is 2.88. The second kappa shape index (κ2) is 7.45. The van der Waals surface area contributed by atoms with E-state index in [4.69, 9.17) is 12.2 Å². The molecule has 0 amide bonds. The van der Waals surface area contributed by atoms with E-state index in [1.807, 2.05) is 34.5 Å². The molecule has 0 aliphatic rings. The number of pyridine rings is 1. The van der Waals surface area contributed by atoms with Gasteiger partial charge in [0.15, 0.2) is 10.6 Å². The first-order valence-corrected chi connectivity index (χ1v) is 8.18. The van der Waals surface area contributed by atoms with Crippen molar-refractivity contribution in [2.45, 2.75) is 25.8 Å². The van der Waals surface area contributed by atoms with E-state index >= 15 is 0 Å². The number of rotatable bonds is 7. The normalized spacial score (nSPS) is 10.8. The van der Waals surface area contributed by atoms with Crippen LogP contribution in [0, 0.1) is 4.77 Å². The number of hydrogen-bond donors (Lipinski definition) is 1. The Morgan fingerprint density at radius 2 is 2.21 bits per heavy atom. The largest absolute Gasteiger partial charge is 0.299 e. The number of aromatic nitrogens is 4. The van der Waals surface area contributed by atoms with E-state index in [0.717, 1.165) is 24.5 Å². The van der Waals surface area contributed by atoms with E-state index in [1.165, 1.54) is 18.6 Å². The van der Waals surface area contributed by atoms with Gasteiger partial charge in [0.2, 0.25) is 0 Å². The summed E-state index contributed by atoms with van der Waals surface area (Å²) in [7, 11) is 0. The smallest absolute Gasteiger partial charge is 0.195 e. The molecule has 0 fully saturated rings. The maximum Gasteiger partial charge on any atom is 0.195 e. The quantitative estimate of drug-likeness (QED) is 0.627. The lowest BCUT2D eigenvalue weighted by atomic mass is 10.2. The van der Waals surface area contributed by atoms with Crippen LogP contribution >= 0.6 is 24.0 Å². The van der Waals surface area contributed by atoms with Crippen LogP contribution in [0.15, 0.2) is 24.4 Å². The van der Waals surface area contributed by atoms with Gasteiger partial charge in [-0.15, -0.1) is 0 Å². The number of hydrogen-bond acceptors (Lipinski definition) is 4. The average Bonchev–Trinajstić information content (AvgIpc) is 2.81. The van der Waals surface area contributed by atoms with Crippen molar-refractivity contribution in [1.29, 1.82) is 0 Å². The van der Waals surface area contributed by atoms with Crippen LogP contribution in [0.3, 0.4) is 0 Å². The minimum atomic E-state index is 0.672. The average molecular weight is 294 g/mol. The van der Waals surface area contributed by atoms with Gasteiger partial charge in [-0.25, -0.2) is 0 Å². The molecule has 0 unspecified atom stereocenters. The van der Waals surface area contributed by atoms with Crippen molar-refractivity contribution in [3.63, 3.8) is 0 Å². The van der Waals surface area contributed by atoms with Crippen LogP contribution in [-0.4, -0.2) is 31.8 Å². The minimum Gasteiger partial charge on any atom is -0.299 e. The van der Waals surface area contributed by atoms with Gasteiger partial charge < -0.3 is 0 Å². The molecule has 102 valence electrons. The molecule has 19 heavy (non-hydrogen) atoms. The predicted molar refractivity (Wildman–Crippen MR) is 82.9 cm³/mol. The molecule has 0 saturated heterocycles. The molecule has 4 nitrogen and oxygen atoms in total. The summed E-state index contributed by atoms with van der Waals surface area (Å²) in [6.45, 7) is 0.898. The Labute approximate surface area is 122 Å². The van der Waals surface area contributed by atoms with Gasteiger partial charge in [-0.2, -0.15) is 16.9 Å². The van der Waals surface area contributed by atoms with E-state index in [0.29, 0.717) is 4.77 Å². The Balaban J connectivity index is 2.04. The van der Waals surface area contributed by atoms with Crippen molar-refractivity contribution in [1.82, 2.24) is 19.7 Å². The topological polar surface area (TPSA) is 46.5 Å². The molecule has 0 atom stereocenters. The van der Waals surface area contributed by atoms with Crippen LogP contribution in [0.5, 0.6) is 0 Å². The first-order chi connectivity index (χ1) is 9.33. The number of nitrogens with zero attached hydrogens (tertiary/aromatic N) is 3. The fraction of sp³-hybridized carbons (Fsp3) is 0.462. The van der Waals surface area contributed by atoms with Crippen molar-refractivity contribution in [3.05, 3.63) is 29.2 Å². The highest BCUT2D eigenvalue weighted by Gasteiger charge is 2.08. The SMILES string of the molecule is CSCCCCCn1c(-c2ccccn2)n[nH]c1=S. The van der Waals surface area contributed by atoms with E-state index in [2.05, 4.69) is 21.4 Å². The van der Waals surface area contributed by atoms with E-state index in [-0.39, 0.29) is 0 Å². The Kier molecular flexibility index (Phi) is 5.60. The van der Waals surface area contributed by atoms with Crippen molar-refractivity contribution in [2.24, 2.45) is 0 Å². The van der Waals surface area contributed by atoms with Crippen LogP contribution in [-0.2, 0) is 6.54 Å². The lowest BCUT2D eigenvalue weighted by molar-refractivity contribution is 0.601. The van der Waals surface area contributed by atoms with Gasteiger partial charge in [-0.05, 0) is 49.2 Å². The van der Waals surface area contributed by atoms with E-state index in [9.17, 15) is 0 Å².